The number of nitrogens with zero attached hydrogens (tertiary/aromatic N) is 1. The topological polar surface area (TPSA) is 71.8 Å². The SMILES string of the molecule is COc1cccc(NC(=O)c2ccc([C@H]3SCC(=O)N3Cc3ccco3)cc2)c1. The van der Waals surface area contributed by atoms with Gasteiger partial charge in [-0.15, -0.1) is 11.8 Å². The number of nitrogens with one attached hydrogen (secondary N) is 1. The Kier molecular flexibility index (Phi) is 5.57. The average molecular weight is 408 g/mol. The van der Waals surface area contributed by atoms with Crippen LogP contribution in [0.1, 0.15) is 27.1 Å². The molecule has 0 spiro atoms. The van der Waals surface area contributed by atoms with Crippen LogP contribution < -0.4 is 10.1 Å². The van der Waals surface area contributed by atoms with Crippen molar-refractivity contribution < 1.29 is 18.7 Å². The summed E-state index contributed by atoms with van der Waals surface area (Å²) in [6.07, 6.45) is 1.60. The van der Waals surface area contributed by atoms with Crippen molar-refractivity contribution in [1.29, 1.82) is 0 Å². The minimum atomic E-state index is -0.201. The third-order valence-corrected chi connectivity index (χ3v) is 5.92. The van der Waals surface area contributed by atoms with E-state index in [0.717, 1.165) is 11.3 Å². The predicted octanol–water partition coefficient (Wildman–Crippen LogP) is 4.31. The van der Waals surface area contributed by atoms with E-state index in [4.69, 9.17) is 9.15 Å². The van der Waals surface area contributed by atoms with Crippen molar-refractivity contribution in [2.24, 2.45) is 0 Å². The summed E-state index contributed by atoms with van der Waals surface area (Å²) in [7, 11) is 1.58. The van der Waals surface area contributed by atoms with E-state index < -0.39 is 0 Å². The summed E-state index contributed by atoms with van der Waals surface area (Å²) in [6, 6.07) is 18.2. The molecule has 29 heavy (non-hydrogen) atoms. The Morgan fingerprint density at radius 3 is 2.76 bits per heavy atom. The van der Waals surface area contributed by atoms with Crippen LogP contribution in [0.4, 0.5) is 5.69 Å². The van der Waals surface area contributed by atoms with Gasteiger partial charge < -0.3 is 19.4 Å². The molecule has 4 rings (SSSR count). The third-order valence-electron chi connectivity index (χ3n) is 4.66. The lowest BCUT2D eigenvalue weighted by Crippen LogP contribution is -2.27. The van der Waals surface area contributed by atoms with Gasteiger partial charge in [0.15, 0.2) is 0 Å². The molecule has 2 aromatic carbocycles. The minimum Gasteiger partial charge on any atom is -0.497 e. The molecule has 0 radical (unpaired) electrons. The van der Waals surface area contributed by atoms with Crippen molar-refractivity contribution in [1.82, 2.24) is 4.90 Å². The molecule has 0 unspecified atom stereocenters. The van der Waals surface area contributed by atoms with Crippen molar-refractivity contribution in [3.8, 4) is 5.75 Å². The Morgan fingerprint density at radius 2 is 2.03 bits per heavy atom. The molecule has 0 aliphatic carbocycles. The third kappa shape index (κ3) is 4.30. The van der Waals surface area contributed by atoms with Crippen molar-refractivity contribution in [2.75, 3.05) is 18.2 Å². The number of benzene rings is 2. The van der Waals surface area contributed by atoms with Gasteiger partial charge in [0.25, 0.3) is 5.91 Å². The maximum atomic E-state index is 12.5. The highest BCUT2D eigenvalue weighted by atomic mass is 32.2. The van der Waals surface area contributed by atoms with E-state index in [9.17, 15) is 9.59 Å². The zero-order chi connectivity index (χ0) is 20.2. The first kappa shape index (κ1) is 19.1. The minimum absolute atomic E-state index is 0.0799. The number of ether oxygens (including phenoxy) is 1. The average Bonchev–Trinajstić information content (AvgIpc) is 3.39. The molecule has 6 nitrogen and oxygen atoms in total. The lowest BCUT2D eigenvalue weighted by Gasteiger charge is -2.23. The fourth-order valence-corrected chi connectivity index (χ4v) is 4.36. The maximum absolute atomic E-state index is 12.5. The summed E-state index contributed by atoms with van der Waals surface area (Å²) in [5.74, 6) is 1.74. The van der Waals surface area contributed by atoms with Gasteiger partial charge in [0.2, 0.25) is 5.91 Å². The van der Waals surface area contributed by atoms with Crippen LogP contribution in [-0.2, 0) is 11.3 Å². The molecule has 3 aromatic rings. The second-order valence-corrected chi connectivity index (χ2v) is 7.64. The zero-order valence-electron chi connectivity index (χ0n) is 15.8. The van der Waals surface area contributed by atoms with Crippen LogP contribution in [0, 0.1) is 0 Å². The molecule has 0 bridgehead atoms. The Hall–Kier alpha value is -3.19. The van der Waals surface area contributed by atoms with Gasteiger partial charge in [-0.05, 0) is 42.0 Å². The molecule has 1 aliphatic rings. The van der Waals surface area contributed by atoms with E-state index in [-0.39, 0.29) is 17.2 Å². The van der Waals surface area contributed by atoms with Gasteiger partial charge in [0.05, 0.1) is 25.7 Å². The van der Waals surface area contributed by atoms with E-state index >= 15 is 0 Å². The molecule has 1 saturated heterocycles. The first-order valence-electron chi connectivity index (χ1n) is 9.13. The number of hydrogen-bond acceptors (Lipinski definition) is 5. The van der Waals surface area contributed by atoms with Crippen molar-refractivity contribution in [2.45, 2.75) is 11.9 Å². The van der Waals surface area contributed by atoms with E-state index in [1.54, 1.807) is 48.2 Å². The van der Waals surface area contributed by atoms with Crippen LogP contribution >= 0.6 is 11.8 Å². The number of carbonyl (C=O) groups is 2. The highest BCUT2D eigenvalue weighted by Gasteiger charge is 2.33. The summed E-state index contributed by atoms with van der Waals surface area (Å²) in [4.78, 5) is 26.6. The first-order valence-corrected chi connectivity index (χ1v) is 10.2. The van der Waals surface area contributed by atoms with Crippen molar-refractivity contribution >= 4 is 29.3 Å². The van der Waals surface area contributed by atoms with Crippen LogP contribution in [0.3, 0.4) is 0 Å². The Balaban J connectivity index is 1.46. The summed E-state index contributed by atoms with van der Waals surface area (Å²) < 4.78 is 10.6. The Bertz CT molecular complexity index is 1000. The van der Waals surface area contributed by atoms with Gasteiger partial charge in [-0.1, -0.05) is 18.2 Å². The van der Waals surface area contributed by atoms with E-state index in [1.165, 1.54) is 0 Å². The predicted molar refractivity (Wildman–Crippen MR) is 112 cm³/mol. The van der Waals surface area contributed by atoms with Crippen LogP contribution in [0.15, 0.2) is 71.3 Å². The number of anilines is 1. The Labute approximate surface area is 172 Å². The molecule has 1 atom stereocenters. The molecule has 7 heteroatoms. The fourth-order valence-electron chi connectivity index (χ4n) is 3.17. The van der Waals surface area contributed by atoms with E-state index in [0.29, 0.717) is 29.3 Å². The lowest BCUT2D eigenvalue weighted by atomic mass is 10.1. The van der Waals surface area contributed by atoms with Crippen LogP contribution in [0.2, 0.25) is 0 Å². The summed E-state index contributed by atoms with van der Waals surface area (Å²) in [6.45, 7) is 0.432. The summed E-state index contributed by atoms with van der Waals surface area (Å²) >= 11 is 1.57. The molecule has 2 heterocycles. The highest BCUT2D eigenvalue weighted by Crippen LogP contribution is 2.39. The van der Waals surface area contributed by atoms with Gasteiger partial charge in [-0.2, -0.15) is 0 Å². The monoisotopic (exact) mass is 408 g/mol. The van der Waals surface area contributed by atoms with Gasteiger partial charge in [-0.25, -0.2) is 0 Å². The lowest BCUT2D eigenvalue weighted by molar-refractivity contribution is -0.128. The number of furan rings is 1. The molecule has 1 aliphatic heterocycles. The van der Waals surface area contributed by atoms with E-state index in [2.05, 4.69) is 5.32 Å². The molecule has 1 N–H and O–H groups in total. The molecule has 1 aromatic heterocycles. The molecule has 1 fully saturated rings. The maximum Gasteiger partial charge on any atom is 0.255 e. The summed E-state index contributed by atoms with van der Waals surface area (Å²) in [5.41, 5.74) is 2.19. The molecular formula is C22H20N2O4S. The number of amides is 2. The molecule has 148 valence electrons. The summed E-state index contributed by atoms with van der Waals surface area (Å²) in [5, 5.41) is 2.77. The van der Waals surface area contributed by atoms with Crippen LogP contribution in [-0.4, -0.2) is 29.6 Å². The number of carbonyl (C=O) groups excluding carboxylic acids is 2. The first-order chi connectivity index (χ1) is 14.1. The number of methoxy groups -OCH3 is 1. The number of thioether (sulfide) groups is 1. The highest BCUT2D eigenvalue weighted by molar-refractivity contribution is 8.00. The standard InChI is InChI=1S/C22H20N2O4S/c1-27-18-5-2-4-17(12-18)23-21(26)15-7-9-16(10-8-15)22-24(20(25)14-29-22)13-19-6-3-11-28-19/h2-12,22H,13-14H2,1H3,(H,23,26)/t22-/m1/s1. The van der Waals surface area contributed by atoms with E-state index in [1.807, 2.05) is 42.5 Å². The van der Waals surface area contributed by atoms with Gasteiger partial charge in [-0.3, -0.25) is 9.59 Å². The van der Waals surface area contributed by atoms with Crippen LogP contribution in [0.25, 0.3) is 0 Å². The quantitative estimate of drug-likeness (QED) is 0.658. The van der Waals surface area contributed by atoms with Gasteiger partial charge in [0.1, 0.15) is 16.9 Å². The molecule has 0 saturated carbocycles. The fraction of sp³-hybridized carbons (Fsp3) is 0.182. The second-order valence-electron chi connectivity index (χ2n) is 6.57. The largest absolute Gasteiger partial charge is 0.497 e. The number of hydrogen-bond donors (Lipinski definition) is 1. The second kappa shape index (κ2) is 8.45. The van der Waals surface area contributed by atoms with Crippen LogP contribution in [0.5, 0.6) is 5.75 Å². The molecular weight excluding hydrogens is 388 g/mol. The zero-order valence-corrected chi connectivity index (χ0v) is 16.6. The Morgan fingerprint density at radius 1 is 1.21 bits per heavy atom. The van der Waals surface area contributed by atoms with Crippen molar-refractivity contribution in [3.63, 3.8) is 0 Å². The normalized spacial score (nSPS) is 16.1. The van der Waals surface area contributed by atoms with Gasteiger partial charge in [0, 0.05) is 17.3 Å². The molecule has 2 amide bonds. The smallest absolute Gasteiger partial charge is 0.255 e. The number of rotatable bonds is 6. The van der Waals surface area contributed by atoms with Crippen molar-refractivity contribution in [3.05, 3.63) is 83.8 Å². The van der Waals surface area contributed by atoms with Gasteiger partial charge >= 0.3 is 0 Å².